The average Bonchev–Trinajstić information content (AvgIpc) is 3.01. The fraction of sp³-hybridized carbons (Fsp3) is 0.524. The Kier molecular flexibility index (Phi) is 9.17. The summed E-state index contributed by atoms with van der Waals surface area (Å²) >= 11 is 1.73. The molecule has 154 valence electrons. The van der Waals surface area contributed by atoms with Crippen LogP contribution in [0.5, 0.6) is 0 Å². The van der Waals surface area contributed by atoms with Crippen LogP contribution in [0.25, 0.3) is 0 Å². The smallest absolute Gasteiger partial charge is 0.191 e. The maximum Gasteiger partial charge on any atom is 0.191 e. The van der Waals surface area contributed by atoms with E-state index < -0.39 is 0 Å². The molecule has 1 unspecified atom stereocenters. The van der Waals surface area contributed by atoms with Gasteiger partial charge in [-0.1, -0.05) is 24.3 Å². The van der Waals surface area contributed by atoms with Gasteiger partial charge in [0.15, 0.2) is 5.96 Å². The van der Waals surface area contributed by atoms with Crippen LogP contribution in [-0.2, 0) is 19.5 Å². The summed E-state index contributed by atoms with van der Waals surface area (Å²) in [6.07, 6.45) is 1.14. The van der Waals surface area contributed by atoms with E-state index in [2.05, 4.69) is 72.5 Å². The molecule has 0 spiro atoms. The van der Waals surface area contributed by atoms with Crippen LogP contribution in [0, 0.1) is 13.8 Å². The zero-order chi connectivity index (χ0) is 19.2. The number of thiazole rings is 1. The fourth-order valence-corrected chi connectivity index (χ4v) is 4.22. The summed E-state index contributed by atoms with van der Waals surface area (Å²) in [5, 5.41) is 7.92. The highest BCUT2D eigenvalue weighted by Gasteiger charge is 2.20. The Morgan fingerprint density at radius 3 is 2.68 bits per heavy atom. The standard InChI is InChI=1S/C21H31N5S.HI/c1-5-22-21(24-13-20-25-16(3)17(4)27-20)23-12-15(2)26-11-10-18-8-6-7-9-19(18)14-26;/h6-9,15H,5,10-14H2,1-4H3,(H2,22,23,24);1H. The van der Waals surface area contributed by atoms with Crippen molar-refractivity contribution in [1.29, 1.82) is 0 Å². The number of guanidine groups is 1. The number of hydrogen-bond donors (Lipinski definition) is 2. The highest BCUT2D eigenvalue weighted by molar-refractivity contribution is 14.0. The van der Waals surface area contributed by atoms with Crippen molar-refractivity contribution < 1.29 is 0 Å². The van der Waals surface area contributed by atoms with E-state index in [9.17, 15) is 0 Å². The van der Waals surface area contributed by atoms with E-state index in [4.69, 9.17) is 4.99 Å². The first-order valence-corrected chi connectivity index (χ1v) is 10.6. The molecule has 0 saturated carbocycles. The first kappa shape index (κ1) is 23.1. The van der Waals surface area contributed by atoms with E-state index in [-0.39, 0.29) is 24.0 Å². The summed E-state index contributed by atoms with van der Waals surface area (Å²) in [6, 6.07) is 9.25. The molecule has 28 heavy (non-hydrogen) atoms. The molecule has 0 radical (unpaired) electrons. The lowest BCUT2D eigenvalue weighted by molar-refractivity contribution is 0.191. The van der Waals surface area contributed by atoms with Crippen LogP contribution in [0.4, 0.5) is 0 Å². The number of aromatic nitrogens is 1. The van der Waals surface area contributed by atoms with Gasteiger partial charge < -0.3 is 10.6 Å². The molecule has 0 bridgehead atoms. The first-order chi connectivity index (χ1) is 13.1. The van der Waals surface area contributed by atoms with Crippen LogP contribution in [-0.4, -0.2) is 41.5 Å². The van der Waals surface area contributed by atoms with E-state index in [1.54, 1.807) is 11.3 Å². The molecule has 1 aliphatic rings. The van der Waals surface area contributed by atoms with E-state index in [1.807, 2.05) is 0 Å². The second-order valence-electron chi connectivity index (χ2n) is 7.16. The molecule has 0 amide bonds. The monoisotopic (exact) mass is 513 g/mol. The Morgan fingerprint density at radius 2 is 2.00 bits per heavy atom. The molecule has 2 aromatic rings. The normalized spacial score (nSPS) is 15.5. The molecule has 0 saturated heterocycles. The zero-order valence-electron chi connectivity index (χ0n) is 17.3. The summed E-state index contributed by atoms with van der Waals surface area (Å²) in [6.45, 7) is 13.1. The van der Waals surface area contributed by atoms with Crippen LogP contribution in [0.3, 0.4) is 0 Å². The topological polar surface area (TPSA) is 52.6 Å². The van der Waals surface area contributed by atoms with Crippen LogP contribution < -0.4 is 10.6 Å². The minimum Gasteiger partial charge on any atom is -0.357 e. The maximum absolute atomic E-state index is 4.72. The number of nitrogens with one attached hydrogen (secondary N) is 2. The number of halogens is 1. The number of rotatable bonds is 6. The Morgan fingerprint density at radius 1 is 1.25 bits per heavy atom. The van der Waals surface area contributed by atoms with E-state index in [1.165, 1.54) is 16.0 Å². The third kappa shape index (κ3) is 6.15. The van der Waals surface area contributed by atoms with Gasteiger partial charge in [-0.05, 0) is 45.2 Å². The molecule has 2 heterocycles. The highest BCUT2D eigenvalue weighted by Crippen LogP contribution is 2.20. The van der Waals surface area contributed by atoms with Crippen molar-refractivity contribution in [3.05, 3.63) is 51.0 Å². The van der Waals surface area contributed by atoms with Crippen LogP contribution in [0.2, 0.25) is 0 Å². The largest absolute Gasteiger partial charge is 0.357 e. The summed E-state index contributed by atoms with van der Waals surface area (Å²) in [4.78, 5) is 13.1. The Bertz CT molecular complexity index is 769. The van der Waals surface area contributed by atoms with E-state index in [0.717, 1.165) is 49.3 Å². The van der Waals surface area contributed by atoms with Crippen molar-refractivity contribution >= 4 is 41.3 Å². The molecule has 1 aromatic carbocycles. The molecule has 3 rings (SSSR count). The Labute approximate surface area is 190 Å². The van der Waals surface area contributed by atoms with Gasteiger partial charge in [0.2, 0.25) is 0 Å². The number of aliphatic imine (C=N–C) groups is 1. The van der Waals surface area contributed by atoms with Gasteiger partial charge in [-0.25, -0.2) is 9.98 Å². The van der Waals surface area contributed by atoms with Gasteiger partial charge in [0.25, 0.3) is 0 Å². The second-order valence-corrected chi connectivity index (χ2v) is 8.45. The van der Waals surface area contributed by atoms with Gasteiger partial charge in [-0.15, -0.1) is 35.3 Å². The third-order valence-corrected chi connectivity index (χ3v) is 6.20. The summed E-state index contributed by atoms with van der Waals surface area (Å²) in [5.74, 6) is 0.868. The maximum atomic E-state index is 4.72. The molecule has 5 nitrogen and oxygen atoms in total. The average molecular weight is 513 g/mol. The quantitative estimate of drug-likeness (QED) is 0.350. The zero-order valence-corrected chi connectivity index (χ0v) is 20.4. The Balaban J connectivity index is 0.00000280. The molecule has 2 N–H and O–H groups in total. The number of benzene rings is 1. The van der Waals surface area contributed by atoms with Crippen molar-refractivity contribution in [2.45, 2.75) is 53.2 Å². The molecular weight excluding hydrogens is 481 g/mol. The predicted molar refractivity (Wildman–Crippen MR) is 130 cm³/mol. The number of hydrogen-bond acceptors (Lipinski definition) is 4. The summed E-state index contributed by atoms with van der Waals surface area (Å²) < 4.78 is 0. The van der Waals surface area contributed by atoms with Gasteiger partial charge >= 0.3 is 0 Å². The molecule has 0 fully saturated rings. The SMILES string of the molecule is CCNC(=NCc1nc(C)c(C)s1)NCC(C)N1CCc2ccccc2C1.I. The lowest BCUT2D eigenvalue weighted by atomic mass is 9.99. The van der Waals surface area contributed by atoms with Gasteiger partial charge in [0.05, 0.1) is 12.2 Å². The van der Waals surface area contributed by atoms with Gasteiger partial charge in [-0.2, -0.15) is 0 Å². The fourth-order valence-electron chi connectivity index (χ4n) is 3.36. The van der Waals surface area contributed by atoms with E-state index in [0.29, 0.717) is 12.6 Å². The molecule has 1 aliphatic heterocycles. The summed E-state index contributed by atoms with van der Waals surface area (Å²) in [5.41, 5.74) is 4.07. The second kappa shape index (κ2) is 11.1. The van der Waals surface area contributed by atoms with E-state index >= 15 is 0 Å². The third-order valence-electron chi connectivity index (χ3n) is 5.14. The van der Waals surface area contributed by atoms with Crippen LogP contribution in [0.1, 0.15) is 40.6 Å². The molecular formula is C21H32IN5S. The highest BCUT2D eigenvalue weighted by atomic mass is 127. The number of aryl methyl sites for hydroxylation is 2. The van der Waals surface area contributed by atoms with Crippen LogP contribution in [0.15, 0.2) is 29.3 Å². The van der Waals surface area contributed by atoms with Crippen molar-refractivity contribution in [3.63, 3.8) is 0 Å². The molecule has 7 heteroatoms. The minimum absolute atomic E-state index is 0. The lowest BCUT2D eigenvalue weighted by Crippen LogP contribution is -2.47. The van der Waals surface area contributed by atoms with Crippen LogP contribution >= 0.6 is 35.3 Å². The molecule has 0 aliphatic carbocycles. The van der Waals surface area contributed by atoms with Crippen molar-refractivity contribution in [2.24, 2.45) is 4.99 Å². The predicted octanol–water partition coefficient (Wildman–Crippen LogP) is 3.88. The van der Waals surface area contributed by atoms with Gasteiger partial charge in [0.1, 0.15) is 5.01 Å². The van der Waals surface area contributed by atoms with Crippen molar-refractivity contribution in [3.8, 4) is 0 Å². The number of fused-ring (bicyclic) bond motifs is 1. The van der Waals surface area contributed by atoms with Gasteiger partial charge in [-0.3, -0.25) is 4.90 Å². The lowest BCUT2D eigenvalue weighted by Gasteiger charge is -2.34. The molecule has 1 atom stereocenters. The number of nitrogens with zero attached hydrogens (tertiary/aromatic N) is 3. The summed E-state index contributed by atoms with van der Waals surface area (Å²) in [7, 11) is 0. The van der Waals surface area contributed by atoms with Gasteiger partial charge in [0, 0.05) is 37.1 Å². The molecule has 1 aromatic heterocycles. The minimum atomic E-state index is 0. The van der Waals surface area contributed by atoms with Crippen molar-refractivity contribution in [1.82, 2.24) is 20.5 Å². The first-order valence-electron chi connectivity index (χ1n) is 9.82. The Hall–Kier alpha value is -1.19. The van der Waals surface area contributed by atoms with Crippen molar-refractivity contribution in [2.75, 3.05) is 19.6 Å².